The summed E-state index contributed by atoms with van der Waals surface area (Å²) >= 11 is 0. The van der Waals surface area contributed by atoms with Crippen molar-refractivity contribution < 1.29 is 32.9 Å². The number of benzene rings is 2. The summed E-state index contributed by atoms with van der Waals surface area (Å²) < 4.78 is 45.4. The maximum Gasteiger partial charge on any atom is 0.309 e. The summed E-state index contributed by atoms with van der Waals surface area (Å²) in [6, 6.07) is 7.65. The van der Waals surface area contributed by atoms with E-state index >= 15 is 0 Å². The predicted octanol–water partition coefficient (Wildman–Crippen LogP) is 5.28. The second-order valence-corrected chi connectivity index (χ2v) is 10.1. The third-order valence-corrected chi connectivity index (χ3v) is 7.78. The van der Waals surface area contributed by atoms with Gasteiger partial charge in [0.05, 0.1) is 24.6 Å². The molecule has 0 saturated carbocycles. The zero-order valence-corrected chi connectivity index (χ0v) is 21.5. The highest BCUT2D eigenvalue weighted by molar-refractivity contribution is 5.84. The molecule has 3 aromatic rings. The molecule has 1 saturated heterocycles. The minimum Gasteiger partial charge on any atom is -0.497 e. The van der Waals surface area contributed by atoms with E-state index < -0.39 is 28.8 Å². The van der Waals surface area contributed by atoms with Crippen molar-refractivity contribution in [1.82, 2.24) is 9.88 Å². The predicted molar refractivity (Wildman–Crippen MR) is 138 cm³/mol. The van der Waals surface area contributed by atoms with E-state index in [1.54, 1.807) is 13.3 Å². The van der Waals surface area contributed by atoms with Gasteiger partial charge in [0.1, 0.15) is 5.75 Å². The number of aryl methyl sites for hydroxylation is 2. The Hall–Kier alpha value is -3.17. The molecule has 1 aliphatic rings. The third-order valence-electron chi connectivity index (χ3n) is 7.78. The van der Waals surface area contributed by atoms with Gasteiger partial charge in [0.25, 0.3) is 0 Å². The first kappa shape index (κ1) is 27.9. The van der Waals surface area contributed by atoms with Crippen LogP contribution in [0.4, 0.5) is 13.2 Å². The molecule has 0 amide bonds. The van der Waals surface area contributed by atoms with Crippen molar-refractivity contribution in [3.8, 4) is 5.75 Å². The Labute approximate surface area is 220 Å². The number of hydrogen-bond donors (Lipinski definition) is 2. The molecule has 0 radical (unpaired) electrons. The van der Waals surface area contributed by atoms with E-state index in [-0.39, 0.29) is 6.61 Å². The summed E-state index contributed by atoms with van der Waals surface area (Å²) in [6.07, 6.45) is 5.52. The summed E-state index contributed by atoms with van der Waals surface area (Å²) in [4.78, 5) is 18.9. The first-order valence-electron chi connectivity index (χ1n) is 12.9. The van der Waals surface area contributed by atoms with Crippen LogP contribution in [0.25, 0.3) is 10.9 Å². The summed E-state index contributed by atoms with van der Waals surface area (Å²) in [5.41, 5.74) is 2.07. The Morgan fingerprint density at radius 3 is 2.42 bits per heavy atom. The Kier molecular flexibility index (Phi) is 8.89. The topological polar surface area (TPSA) is 82.9 Å². The van der Waals surface area contributed by atoms with Gasteiger partial charge in [0, 0.05) is 11.6 Å². The van der Waals surface area contributed by atoms with Gasteiger partial charge in [-0.2, -0.15) is 0 Å². The molecule has 4 rings (SSSR count). The molecule has 2 heterocycles. The zero-order valence-electron chi connectivity index (χ0n) is 21.5. The number of aromatic nitrogens is 1. The van der Waals surface area contributed by atoms with Crippen LogP contribution in [0.3, 0.4) is 0 Å². The smallest absolute Gasteiger partial charge is 0.309 e. The fourth-order valence-corrected chi connectivity index (χ4v) is 5.46. The Morgan fingerprint density at radius 2 is 1.79 bits per heavy atom. The van der Waals surface area contributed by atoms with Gasteiger partial charge in [-0.15, -0.1) is 0 Å². The van der Waals surface area contributed by atoms with Gasteiger partial charge >= 0.3 is 5.97 Å². The minimum atomic E-state index is -1.46. The summed E-state index contributed by atoms with van der Waals surface area (Å²) in [6.45, 7) is 1.76. The fourth-order valence-electron chi connectivity index (χ4n) is 5.46. The Balaban J connectivity index is 1.34. The van der Waals surface area contributed by atoms with Crippen molar-refractivity contribution in [2.45, 2.75) is 51.6 Å². The van der Waals surface area contributed by atoms with E-state index in [9.17, 15) is 28.2 Å². The van der Waals surface area contributed by atoms with Gasteiger partial charge in [-0.25, -0.2) is 13.2 Å². The number of pyridine rings is 1. The molecule has 2 aromatic carbocycles. The number of methoxy groups -OCH3 is 1. The molecular weight excluding hydrogens is 497 g/mol. The number of likely N-dealkylation sites (tertiary alicyclic amines) is 1. The maximum atomic E-state index is 13.4. The Morgan fingerprint density at radius 1 is 1.08 bits per heavy atom. The number of carbonyl (C=O) groups is 1. The average Bonchev–Trinajstić information content (AvgIpc) is 2.92. The molecule has 38 heavy (non-hydrogen) atoms. The monoisotopic (exact) mass is 530 g/mol. The molecule has 0 spiro atoms. The lowest BCUT2D eigenvalue weighted by Gasteiger charge is -2.39. The Bertz CT molecular complexity index is 1260. The number of aliphatic hydroxyl groups excluding tert-OH is 1. The van der Waals surface area contributed by atoms with Gasteiger partial charge in [-0.05, 0) is 112 Å². The van der Waals surface area contributed by atoms with Gasteiger partial charge in [0.2, 0.25) is 0 Å². The fraction of sp³-hybridized carbons (Fsp3) is 0.448. The molecule has 0 atom stereocenters. The average molecular weight is 531 g/mol. The van der Waals surface area contributed by atoms with E-state index in [0.717, 1.165) is 34.2 Å². The molecule has 1 aliphatic heterocycles. The van der Waals surface area contributed by atoms with Crippen LogP contribution < -0.4 is 4.74 Å². The molecule has 1 aromatic heterocycles. The number of rotatable bonds is 11. The van der Waals surface area contributed by atoms with Crippen LogP contribution in [-0.4, -0.2) is 52.8 Å². The van der Waals surface area contributed by atoms with Crippen LogP contribution in [0, 0.1) is 22.9 Å². The van der Waals surface area contributed by atoms with E-state index in [1.807, 2.05) is 18.2 Å². The van der Waals surface area contributed by atoms with Crippen LogP contribution in [0.5, 0.6) is 5.75 Å². The molecule has 0 bridgehead atoms. The number of hydrogen-bond acceptors (Lipinski definition) is 5. The summed E-state index contributed by atoms with van der Waals surface area (Å²) in [5, 5.41) is 20.9. The first-order valence-corrected chi connectivity index (χ1v) is 12.9. The minimum absolute atomic E-state index is 0.147. The van der Waals surface area contributed by atoms with Crippen LogP contribution in [-0.2, 0) is 24.2 Å². The lowest BCUT2D eigenvalue weighted by atomic mass is 9.74. The van der Waals surface area contributed by atoms with Crippen LogP contribution in [0.15, 0.2) is 36.5 Å². The lowest BCUT2D eigenvalue weighted by Crippen LogP contribution is -2.44. The quantitative estimate of drug-likeness (QED) is 0.329. The van der Waals surface area contributed by atoms with Crippen LogP contribution in [0.1, 0.15) is 48.8 Å². The molecule has 0 unspecified atom stereocenters. The second kappa shape index (κ2) is 12.1. The number of aliphatic carboxylic acids is 1. The highest BCUT2D eigenvalue weighted by Gasteiger charge is 2.40. The molecule has 0 aliphatic carbocycles. The molecular formula is C29H33F3N2O4. The normalized spacial score (nSPS) is 15.6. The number of carboxylic acid groups (broad SMARTS) is 1. The number of halogens is 3. The number of ether oxygens (including phenoxy) is 1. The van der Waals surface area contributed by atoms with Gasteiger partial charge in [0.15, 0.2) is 17.5 Å². The second-order valence-electron chi connectivity index (χ2n) is 10.1. The van der Waals surface area contributed by atoms with Gasteiger partial charge < -0.3 is 19.8 Å². The van der Waals surface area contributed by atoms with E-state index in [0.29, 0.717) is 75.9 Å². The third kappa shape index (κ3) is 6.10. The highest BCUT2D eigenvalue weighted by Crippen LogP contribution is 2.38. The molecule has 6 nitrogen and oxygen atoms in total. The van der Waals surface area contributed by atoms with E-state index in [1.165, 1.54) is 0 Å². The van der Waals surface area contributed by atoms with Gasteiger partial charge in [-0.3, -0.25) is 9.78 Å². The maximum absolute atomic E-state index is 13.4. The zero-order chi connectivity index (χ0) is 27.3. The number of piperidine rings is 1. The van der Waals surface area contributed by atoms with Gasteiger partial charge in [-0.1, -0.05) is 0 Å². The standard InChI is InChI=1S/C29H33F3N2O4/c1-38-21-6-7-26-23(16-21)22(20(18-35)17-33-26)5-2-8-29(28(36)37)9-12-34(13-10-29)11-3-4-19-14-24(30)27(32)25(31)15-19/h6-7,14-17,35H,2-5,8-13,18H2,1H3,(H,36,37). The van der Waals surface area contributed by atoms with Crippen LogP contribution in [0.2, 0.25) is 0 Å². The van der Waals surface area contributed by atoms with Crippen molar-refractivity contribution >= 4 is 16.9 Å². The SMILES string of the molecule is COc1ccc2ncc(CO)c(CCCC3(C(=O)O)CCN(CCCc4cc(F)c(F)c(F)c4)CC3)c2c1. The molecule has 2 N–H and O–H groups in total. The molecule has 1 fully saturated rings. The van der Waals surface area contributed by atoms with Crippen LogP contribution >= 0.6 is 0 Å². The summed E-state index contributed by atoms with van der Waals surface area (Å²) in [5.74, 6) is -3.93. The number of fused-ring (bicyclic) bond motifs is 1. The van der Waals surface area contributed by atoms with E-state index in [2.05, 4.69) is 9.88 Å². The number of nitrogens with zero attached hydrogens (tertiary/aromatic N) is 2. The number of carboxylic acids is 1. The largest absolute Gasteiger partial charge is 0.497 e. The van der Waals surface area contributed by atoms with Crippen molar-refractivity contribution in [1.29, 1.82) is 0 Å². The van der Waals surface area contributed by atoms with Crippen molar-refractivity contribution in [3.05, 3.63) is 70.7 Å². The molecule has 204 valence electrons. The summed E-state index contributed by atoms with van der Waals surface area (Å²) in [7, 11) is 1.59. The van der Waals surface area contributed by atoms with Crippen molar-refractivity contribution in [2.24, 2.45) is 5.41 Å². The molecule has 9 heteroatoms. The highest BCUT2D eigenvalue weighted by atomic mass is 19.2. The lowest BCUT2D eigenvalue weighted by molar-refractivity contribution is -0.152. The van der Waals surface area contributed by atoms with Crippen molar-refractivity contribution in [2.75, 3.05) is 26.7 Å². The first-order chi connectivity index (χ1) is 18.3. The number of aliphatic hydroxyl groups is 1. The van der Waals surface area contributed by atoms with Crippen molar-refractivity contribution in [3.63, 3.8) is 0 Å². The van der Waals surface area contributed by atoms with E-state index in [4.69, 9.17) is 4.74 Å².